The normalized spacial score (nSPS) is 10.8. The number of rotatable bonds is 8. The highest BCUT2D eigenvalue weighted by molar-refractivity contribution is 14.0. The largest absolute Gasteiger partial charge is 0.493 e. The molecule has 27 heavy (non-hydrogen) atoms. The number of benzene rings is 1. The van der Waals surface area contributed by atoms with Crippen LogP contribution in [0.15, 0.2) is 28.6 Å². The van der Waals surface area contributed by atoms with E-state index in [1.54, 1.807) is 32.6 Å². The maximum absolute atomic E-state index is 5.64. The molecule has 0 saturated heterocycles. The first-order valence-electron chi connectivity index (χ1n) is 8.48. The smallest absolute Gasteiger partial charge is 0.203 e. The number of hydrogen-bond donors (Lipinski definition) is 2. The molecular formula is C19H28IN3O3S. The number of thiophene rings is 1. The van der Waals surface area contributed by atoms with E-state index in [2.05, 4.69) is 34.0 Å². The molecule has 0 radical (unpaired) electrons. The van der Waals surface area contributed by atoms with E-state index < -0.39 is 0 Å². The third kappa shape index (κ3) is 6.46. The molecule has 8 heteroatoms. The molecule has 1 aromatic heterocycles. The van der Waals surface area contributed by atoms with E-state index in [4.69, 9.17) is 14.2 Å². The van der Waals surface area contributed by atoms with E-state index in [0.717, 1.165) is 18.1 Å². The predicted molar refractivity (Wildman–Crippen MR) is 122 cm³/mol. The van der Waals surface area contributed by atoms with Crippen LogP contribution in [0.5, 0.6) is 17.2 Å². The van der Waals surface area contributed by atoms with E-state index in [-0.39, 0.29) is 24.0 Å². The minimum atomic E-state index is 0. The summed E-state index contributed by atoms with van der Waals surface area (Å²) in [5.41, 5.74) is 2.30. The van der Waals surface area contributed by atoms with Gasteiger partial charge in [0.05, 0.1) is 27.4 Å². The third-order valence-electron chi connectivity index (χ3n) is 3.88. The number of halogens is 1. The number of nitrogens with one attached hydrogen (secondary N) is 2. The molecule has 0 aliphatic rings. The van der Waals surface area contributed by atoms with Crippen molar-refractivity contribution in [3.63, 3.8) is 0 Å². The van der Waals surface area contributed by atoms with Crippen molar-refractivity contribution in [2.75, 3.05) is 27.9 Å². The Morgan fingerprint density at radius 1 is 1.11 bits per heavy atom. The van der Waals surface area contributed by atoms with Gasteiger partial charge in [0.2, 0.25) is 5.75 Å². The maximum Gasteiger partial charge on any atom is 0.203 e. The summed E-state index contributed by atoms with van der Waals surface area (Å²) in [6.45, 7) is 5.92. The lowest BCUT2D eigenvalue weighted by Gasteiger charge is -2.16. The van der Waals surface area contributed by atoms with E-state index in [1.807, 2.05) is 19.1 Å². The van der Waals surface area contributed by atoms with Crippen molar-refractivity contribution in [3.8, 4) is 17.2 Å². The molecule has 0 spiro atoms. The monoisotopic (exact) mass is 505 g/mol. The molecule has 0 amide bonds. The summed E-state index contributed by atoms with van der Waals surface area (Å²) in [7, 11) is 5.01. The van der Waals surface area contributed by atoms with Crippen molar-refractivity contribution in [1.29, 1.82) is 0 Å². The van der Waals surface area contributed by atoms with Gasteiger partial charge in [0.15, 0.2) is 17.5 Å². The zero-order valence-electron chi connectivity index (χ0n) is 16.4. The lowest BCUT2D eigenvalue weighted by Crippen LogP contribution is -2.36. The van der Waals surface area contributed by atoms with Gasteiger partial charge >= 0.3 is 0 Å². The minimum absolute atomic E-state index is 0. The first kappa shape index (κ1) is 23.4. The summed E-state index contributed by atoms with van der Waals surface area (Å²) in [5.74, 6) is 2.67. The first-order valence-corrected chi connectivity index (χ1v) is 9.36. The predicted octanol–water partition coefficient (Wildman–Crippen LogP) is 3.96. The summed E-state index contributed by atoms with van der Waals surface area (Å²) in [6, 6.07) is 6.00. The number of aryl methyl sites for hydroxylation is 1. The van der Waals surface area contributed by atoms with Crippen LogP contribution in [-0.2, 0) is 13.1 Å². The second-order valence-electron chi connectivity index (χ2n) is 5.57. The summed E-state index contributed by atoms with van der Waals surface area (Å²) in [4.78, 5) is 5.58. The molecular weight excluding hydrogens is 477 g/mol. The van der Waals surface area contributed by atoms with Crippen LogP contribution in [0, 0.1) is 6.92 Å². The molecule has 0 bridgehead atoms. The van der Waals surface area contributed by atoms with E-state index in [1.165, 1.54) is 10.4 Å². The number of aliphatic imine (C=N–C) groups is 1. The number of methoxy groups -OCH3 is 2. The lowest BCUT2D eigenvalue weighted by molar-refractivity contribution is 0.288. The van der Waals surface area contributed by atoms with Crippen molar-refractivity contribution >= 4 is 41.3 Å². The molecule has 1 heterocycles. The molecule has 0 aliphatic carbocycles. The van der Waals surface area contributed by atoms with Crippen LogP contribution < -0.4 is 24.8 Å². The molecule has 6 nitrogen and oxygen atoms in total. The van der Waals surface area contributed by atoms with Crippen molar-refractivity contribution in [1.82, 2.24) is 10.6 Å². The molecule has 2 N–H and O–H groups in total. The quantitative estimate of drug-likeness (QED) is 0.323. The number of ether oxygens (including phenoxy) is 3. The topological polar surface area (TPSA) is 64.1 Å². The van der Waals surface area contributed by atoms with Crippen LogP contribution in [0.1, 0.15) is 22.9 Å². The molecule has 0 fully saturated rings. The number of guanidine groups is 1. The Balaban J connectivity index is 0.00000364. The second-order valence-corrected chi connectivity index (χ2v) is 6.57. The van der Waals surface area contributed by atoms with Crippen LogP contribution in [0.3, 0.4) is 0 Å². The summed E-state index contributed by atoms with van der Waals surface area (Å²) in [5, 5.41) is 8.75. The summed E-state index contributed by atoms with van der Waals surface area (Å²) < 4.78 is 16.5. The molecule has 2 aromatic rings. The Hall–Kier alpha value is -1.68. The fraction of sp³-hybridized carbons (Fsp3) is 0.421. The fourth-order valence-electron chi connectivity index (χ4n) is 2.48. The SMILES string of the molecule is CCOc1c(OC)cc(CNC(=NC)NCc2sccc2C)cc1OC.I. The Kier molecular flexibility index (Phi) is 10.3. The van der Waals surface area contributed by atoms with Gasteiger partial charge in [0, 0.05) is 18.5 Å². The number of nitrogens with zero attached hydrogens (tertiary/aromatic N) is 1. The first-order chi connectivity index (χ1) is 12.6. The van der Waals surface area contributed by atoms with Gasteiger partial charge in [-0.1, -0.05) is 0 Å². The molecule has 0 saturated carbocycles. The highest BCUT2D eigenvalue weighted by atomic mass is 127. The molecule has 1 aromatic carbocycles. The van der Waals surface area contributed by atoms with Gasteiger partial charge in [0.25, 0.3) is 0 Å². The van der Waals surface area contributed by atoms with Crippen LogP contribution in [0.25, 0.3) is 0 Å². The Morgan fingerprint density at radius 2 is 1.74 bits per heavy atom. The zero-order chi connectivity index (χ0) is 18.9. The van der Waals surface area contributed by atoms with Crippen molar-refractivity contribution in [2.45, 2.75) is 26.9 Å². The van der Waals surface area contributed by atoms with Crippen molar-refractivity contribution in [2.24, 2.45) is 4.99 Å². The molecule has 0 unspecified atom stereocenters. The van der Waals surface area contributed by atoms with Crippen molar-refractivity contribution < 1.29 is 14.2 Å². The highest BCUT2D eigenvalue weighted by Crippen LogP contribution is 2.38. The molecule has 2 rings (SSSR count). The van der Waals surface area contributed by atoms with Crippen LogP contribution >= 0.6 is 35.3 Å². The Bertz CT molecular complexity index is 725. The average Bonchev–Trinajstić information content (AvgIpc) is 3.07. The van der Waals surface area contributed by atoms with Gasteiger partial charge in [0.1, 0.15) is 0 Å². The van der Waals surface area contributed by atoms with Gasteiger partial charge < -0.3 is 24.8 Å². The second kappa shape index (κ2) is 11.9. The van der Waals surface area contributed by atoms with Crippen LogP contribution in [-0.4, -0.2) is 33.8 Å². The standard InChI is InChI=1S/C19H27N3O3S.HI/c1-6-25-18-15(23-4)9-14(10-16(18)24-5)11-21-19(20-3)22-12-17-13(2)7-8-26-17;/h7-10H,6,11-12H2,1-5H3,(H2,20,21,22);1H. The highest BCUT2D eigenvalue weighted by Gasteiger charge is 2.14. The van der Waals surface area contributed by atoms with Gasteiger partial charge in [-0.2, -0.15) is 0 Å². The van der Waals surface area contributed by atoms with Gasteiger partial charge in [-0.05, 0) is 48.6 Å². The van der Waals surface area contributed by atoms with Gasteiger partial charge in [-0.15, -0.1) is 35.3 Å². The van der Waals surface area contributed by atoms with E-state index >= 15 is 0 Å². The van der Waals surface area contributed by atoms with E-state index in [0.29, 0.717) is 30.4 Å². The zero-order valence-corrected chi connectivity index (χ0v) is 19.6. The Morgan fingerprint density at radius 3 is 2.22 bits per heavy atom. The molecule has 0 aliphatic heterocycles. The van der Waals surface area contributed by atoms with Gasteiger partial charge in [-0.3, -0.25) is 4.99 Å². The Labute approximate surface area is 182 Å². The average molecular weight is 505 g/mol. The lowest BCUT2D eigenvalue weighted by atomic mass is 10.2. The minimum Gasteiger partial charge on any atom is -0.493 e. The van der Waals surface area contributed by atoms with Crippen molar-refractivity contribution in [3.05, 3.63) is 39.6 Å². The third-order valence-corrected chi connectivity index (χ3v) is 4.90. The summed E-state index contributed by atoms with van der Waals surface area (Å²) in [6.07, 6.45) is 0. The van der Waals surface area contributed by atoms with Gasteiger partial charge in [-0.25, -0.2) is 0 Å². The number of hydrogen-bond acceptors (Lipinski definition) is 5. The fourth-order valence-corrected chi connectivity index (χ4v) is 3.32. The van der Waals surface area contributed by atoms with Crippen LogP contribution in [0.2, 0.25) is 0 Å². The van der Waals surface area contributed by atoms with E-state index in [9.17, 15) is 0 Å². The summed E-state index contributed by atoms with van der Waals surface area (Å²) >= 11 is 1.74. The van der Waals surface area contributed by atoms with Crippen LogP contribution in [0.4, 0.5) is 0 Å². The molecule has 0 atom stereocenters. The molecule has 150 valence electrons. The maximum atomic E-state index is 5.64.